The number of sulfonamides is 1. The average molecular weight is 331 g/mol. The van der Waals surface area contributed by atoms with Crippen LogP contribution >= 0.6 is 11.6 Å². The second-order valence-electron chi connectivity index (χ2n) is 5.30. The zero-order valence-electron chi connectivity index (χ0n) is 11.9. The Morgan fingerprint density at radius 1 is 1.38 bits per heavy atom. The van der Waals surface area contributed by atoms with E-state index in [4.69, 9.17) is 16.7 Å². The van der Waals surface area contributed by atoms with Gasteiger partial charge >= 0.3 is 0 Å². The van der Waals surface area contributed by atoms with E-state index in [1.807, 2.05) is 4.90 Å². The first kappa shape index (κ1) is 16.3. The van der Waals surface area contributed by atoms with Gasteiger partial charge in [-0.05, 0) is 37.5 Å². The number of carbonyl (C=O) groups excluding carboxylic acids is 1. The van der Waals surface area contributed by atoms with E-state index < -0.39 is 10.0 Å². The molecule has 0 spiro atoms. The van der Waals surface area contributed by atoms with Crippen LogP contribution in [0.25, 0.3) is 0 Å². The number of unbranched alkanes of at least 4 members (excludes halogenated alkanes) is 1. The molecule has 0 heterocycles. The number of nitrogens with zero attached hydrogens (tertiary/aromatic N) is 1. The second kappa shape index (κ2) is 6.34. The number of hydrogen-bond donors (Lipinski definition) is 1. The maximum Gasteiger partial charge on any atom is 0.254 e. The molecule has 0 bridgehead atoms. The summed E-state index contributed by atoms with van der Waals surface area (Å²) >= 11 is 5.91. The van der Waals surface area contributed by atoms with Crippen molar-refractivity contribution in [1.29, 1.82) is 0 Å². The van der Waals surface area contributed by atoms with Gasteiger partial charge in [0.15, 0.2) is 0 Å². The number of amides is 1. The molecule has 1 aliphatic rings. The third-order valence-electron chi connectivity index (χ3n) is 3.45. The SMILES string of the molecule is CCCCN(C(=O)c1cc(Cl)cc(S(N)(=O)=O)c1)C1CC1. The fourth-order valence-electron chi connectivity index (χ4n) is 2.18. The molecular weight excluding hydrogens is 312 g/mol. The van der Waals surface area contributed by atoms with Crippen molar-refractivity contribution in [3.63, 3.8) is 0 Å². The highest BCUT2D eigenvalue weighted by molar-refractivity contribution is 7.89. The lowest BCUT2D eigenvalue weighted by Gasteiger charge is -2.22. The number of halogens is 1. The van der Waals surface area contributed by atoms with E-state index in [1.165, 1.54) is 18.2 Å². The van der Waals surface area contributed by atoms with Gasteiger partial charge in [0.05, 0.1) is 4.90 Å². The van der Waals surface area contributed by atoms with Gasteiger partial charge in [0, 0.05) is 23.2 Å². The zero-order valence-corrected chi connectivity index (χ0v) is 13.5. The van der Waals surface area contributed by atoms with Crippen LogP contribution in [0.4, 0.5) is 0 Å². The molecule has 1 fully saturated rings. The molecule has 1 saturated carbocycles. The monoisotopic (exact) mass is 330 g/mol. The summed E-state index contributed by atoms with van der Waals surface area (Å²) in [5.41, 5.74) is 0.273. The maximum atomic E-state index is 12.6. The van der Waals surface area contributed by atoms with Gasteiger partial charge in [0.25, 0.3) is 5.91 Å². The fraction of sp³-hybridized carbons (Fsp3) is 0.500. The Kier molecular flexibility index (Phi) is 4.91. The van der Waals surface area contributed by atoms with Crippen molar-refractivity contribution in [3.8, 4) is 0 Å². The van der Waals surface area contributed by atoms with Gasteiger partial charge in [-0.15, -0.1) is 0 Å². The standard InChI is InChI=1S/C14H19ClN2O3S/c1-2-3-6-17(12-4-5-12)14(18)10-7-11(15)9-13(8-10)21(16,19)20/h7-9,12H,2-6H2,1H3,(H2,16,19,20). The van der Waals surface area contributed by atoms with Crippen LogP contribution in [0.1, 0.15) is 43.0 Å². The Balaban J connectivity index is 2.31. The summed E-state index contributed by atoms with van der Waals surface area (Å²) in [6, 6.07) is 4.30. The van der Waals surface area contributed by atoms with Crippen LogP contribution in [-0.4, -0.2) is 31.8 Å². The lowest BCUT2D eigenvalue weighted by Crippen LogP contribution is -2.34. The Labute approximate surface area is 130 Å². The third-order valence-corrected chi connectivity index (χ3v) is 4.56. The van der Waals surface area contributed by atoms with Gasteiger partial charge < -0.3 is 4.90 Å². The number of hydrogen-bond acceptors (Lipinski definition) is 3. The minimum Gasteiger partial charge on any atom is -0.336 e. The van der Waals surface area contributed by atoms with Gasteiger partial charge in [0.2, 0.25) is 10.0 Å². The molecular formula is C14H19ClN2O3S. The van der Waals surface area contributed by atoms with Gasteiger partial charge in [-0.25, -0.2) is 13.6 Å². The molecule has 116 valence electrons. The van der Waals surface area contributed by atoms with E-state index in [2.05, 4.69) is 6.92 Å². The molecule has 0 atom stereocenters. The van der Waals surface area contributed by atoms with Gasteiger partial charge in [-0.2, -0.15) is 0 Å². The molecule has 0 saturated heterocycles. The largest absolute Gasteiger partial charge is 0.336 e. The highest BCUT2D eigenvalue weighted by atomic mass is 35.5. The van der Waals surface area contributed by atoms with Crippen LogP contribution < -0.4 is 5.14 Å². The summed E-state index contributed by atoms with van der Waals surface area (Å²) in [5, 5.41) is 5.30. The first-order valence-corrected chi connectivity index (χ1v) is 8.89. The smallest absolute Gasteiger partial charge is 0.254 e. The predicted molar refractivity (Wildman–Crippen MR) is 81.8 cm³/mol. The molecule has 5 nitrogen and oxygen atoms in total. The first-order valence-electron chi connectivity index (χ1n) is 6.97. The summed E-state index contributed by atoms with van der Waals surface area (Å²) in [5.74, 6) is -0.182. The summed E-state index contributed by atoms with van der Waals surface area (Å²) in [7, 11) is -3.88. The van der Waals surface area contributed by atoms with Crippen molar-refractivity contribution < 1.29 is 13.2 Å². The van der Waals surface area contributed by atoms with E-state index in [9.17, 15) is 13.2 Å². The second-order valence-corrected chi connectivity index (χ2v) is 7.30. The lowest BCUT2D eigenvalue weighted by atomic mass is 10.2. The Hall–Kier alpha value is -1.11. The minimum absolute atomic E-state index is 0.135. The van der Waals surface area contributed by atoms with E-state index in [0.29, 0.717) is 6.54 Å². The van der Waals surface area contributed by atoms with E-state index in [-0.39, 0.29) is 27.4 Å². The number of primary sulfonamides is 1. The number of rotatable bonds is 6. The zero-order chi connectivity index (χ0) is 15.6. The molecule has 7 heteroatoms. The van der Waals surface area contributed by atoms with Gasteiger partial charge in [0.1, 0.15) is 0 Å². The van der Waals surface area contributed by atoms with Crippen LogP contribution in [0.15, 0.2) is 23.1 Å². The van der Waals surface area contributed by atoms with Crippen molar-refractivity contribution in [2.75, 3.05) is 6.54 Å². The van der Waals surface area contributed by atoms with Crippen LogP contribution in [0, 0.1) is 0 Å². The molecule has 1 aromatic rings. The van der Waals surface area contributed by atoms with Gasteiger partial charge in [-0.3, -0.25) is 4.79 Å². The first-order chi connectivity index (χ1) is 9.82. The molecule has 21 heavy (non-hydrogen) atoms. The molecule has 0 aliphatic heterocycles. The predicted octanol–water partition coefficient (Wildman–Crippen LogP) is 2.39. The Morgan fingerprint density at radius 2 is 2.05 bits per heavy atom. The quantitative estimate of drug-likeness (QED) is 0.869. The van der Waals surface area contributed by atoms with Crippen LogP contribution in [0.2, 0.25) is 5.02 Å². The maximum absolute atomic E-state index is 12.6. The number of benzene rings is 1. The molecule has 1 aliphatic carbocycles. The summed E-state index contributed by atoms with van der Waals surface area (Å²) in [4.78, 5) is 14.3. The highest BCUT2D eigenvalue weighted by Crippen LogP contribution is 2.29. The molecule has 2 rings (SSSR count). The minimum atomic E-state index is -3.88. The summed E-state index contributed by atoms with van der Waals surface area (Å²) < 4.78 is 22.9. The Bertz CT molecular complexity index is 642. The molecule has 0 unspecified atom stereocenters. The van der Waals surface area contributed by atoms with Crippen molar-refractivity contribution in [2.45, 2.75) is 43.5 Å². The third kappa shape index (κ3) is 4.18. The number of nitrogens with two attached hydrogens (primary N) is 1. The van der Waals surface area contributed by atoms with E-state index in [1.54, 1.807) is 0 Å². The molecule has 1 aromatic carbocycles. The fourth-order valence-corrected chi connectivity index (χ4v) is 3.06. The van der Waals surface area contributed by atoms with Crippen molar-refractivity contribution in [2.24, 2.45) is 5.14 Å². The Morgan fingerprint density at radius 3 is 2.57 bits per heavy atom. The molecule has 0 aromatic heterocycles. The highest BCUT2D eigenvalue weighted by Gasteiger charge is 2.33. The summed E-state index contributed by atoms with van der Waals surface area (Å²) in [6.07, 6.45) is 3.91. The van der Waals surface area contributed by atoms with Crippen molar-refractivity contribution in [1.82, 2.24) is 4.90 Å². The van der Waals surface area contributed by atoms with Crippen LogP contribution in [-0.2, 0) is 10.0 Å². The molecule has 1 amide bonds. The van der Waals surface area contributed by atoms with Crippen LogP contribution in [0.5, 0.6) is 0 Å². The van der Waals surface area contributed by atoms with E-state index in [0.717, 1.165) is 25.7 Å². The molecule has 2 N–H and O–H groups in total. The number of carbonyl (C=O) groups is 1. The summed E-state index contributed by atoms with van der Waals surface area (Å²) in [6.45, 7) is 2.74. The van der Waals surface area contributed by atoms with Gasteiger partial charge in [-0.1, -0.05) is 24.9 Å². The topological polar surface area (TPSA) is 80.5 Å². The van der Waals surface area contributed by atoms with Crippen molar-refractivity contribution >= 4 is 27.5 Å². The lowest BCUT2D eigenvalue weighted by molar-refractivity contribution is 0.0740. The van der Waals surface area contributed by atoms with E-state index >= 15 is 0 Å². The normalized spacial score (nSPS) is 15.0. The van der Waals surface area contributed by atoms with Crippen molar-refractivity contribution in [3.05, 3.63) is 28.8 Å². The molecule has 0 radical (unpaired) electrons. The van der Waals surface area contributed by atoms with Crippen LogP contribution in [0.3, 0.4) is 0 Å². The average Bonchev–Trinajstić information content (AvgIpc) is 3.22.